The van der Waals surface area contributed by atoms with Gasteiger partial charge in [0, 0.05) is 25.7 Å². The van der Waals surface area contributed by atoms with Crippen LogP contribution in [0.2, 0.25) is 0 Å². The van der Waals surface area contributed by atoms with Gasteiger partial charge in [0.15, 0.2) is 0 Å². The van der Waals surface area contributed by atoms with Crippen LogP contribution in [0.25, 0.3) is 0 Å². The largest absolute Gasteiger partial charge is 0.355 e. The van der Waals surface area contributed by atoms with Crippen molar-refractivity contribution in [1.29, 1.82) is 0 Å². The maximum Gasteiger partial charge on any atom is 0.253 e. The van der Waals surface area contributed by atoms with Crippen molar-refractivity contribution in [2.75, 3.05) is 23.8 Å². The molecule has 1 aliphatic heterocycles. The Morgan fingerprint density at radius 3 is 2.57 bits per heavy atom. The first kappa shape index (κ1) is 19.6. The molecule has 1 fully saturated rings. The highest BCUT2D eigenvalue weighted by atomic mass is 16.2. The van der Waals surface area contributed by atoms with Gasteiger partial charge in [-0.05, 0) is 35.7 Å². The van der Waals surface area contributed by atoms with Crippen LogP contribution in [0.4, 0.5) is 11.4 Å². The van der Waals surface area contributed by atoms with E-state index in [1.54, 1.807) is 36.2 Å². The van der Waals surface area contributed by atoms with Gasteiger partial charge in [0.2, 0.25) is 11.8 Å². The fourth-order valence-corrected chi connectivity index (χ4v) is 3.34. The lowest BCUT2D eigenvalue weighted by Gasteiger charge is -2.19. The maximum atomic E-state index is 12.8. The molecule has 1 aliphatic rings. The van der Waals surface area contributed by atoms with Crippen molar-refractivity contribution in [1.82, 2.24) is 5.32 Å². The Hall–Kier alpha value is -3.15. The number of hydrogen-bond acceptors (Lipinski definition) is 3. The number of amides is 3. The standard InChI is InChI=1S/C22H25N3O3/c1-14(2)15-7-6-8-17(11-15)25-13-16(12-20(25)26)21(27)24-19-10-5-4-9-18(19)22(28)23-3/h4-11,14,16H,12-13H2,1-3H3,(H,23,28)(H,24,27). The fourth-order valence-electron chi connectivity index (χ4n) is 3.34. The Balaban J connectivity index is 1.75. The molecule has 0 aromatic heterocycles. The van der Waals surface area contributed by atoms with Gasteiger partial charge >= 0.3 is 0 Å². The minimum Gasteiger partial charge on any atom is -0.355 e. The highest BCUT2D eigenvalue weighted by Gasteiger charge is 2.35. The minimum absolute atomic E-state index is 0.0688. The van der Waals surface area contributed by atoms with Crippen molar-refractivity contribution in [3.8, 4) is 0 Å². The normalized spacial score (nSPS) is 16.4. The second-order valence-corrected chi connectivity index (χ2v) is 7.27. The van der Waals surface area contributed by atoms with E-state index >= 15 is 0 Å². The third-order valence-electron chi connectivity index (χ3n) is 5.00. The molecule has 6 heteroatoms. The molecule has 2 N–H and O–H groups in total. The number of nitrogens with zero attached hydrogens (tertiary/aromatic N) is 1. The van der Waals surface area contributed by atoms with Crippen LogP contribution in [0.15, 0.2) is 48.5 Å². The summed E-state index contributed by atoms with van der Waals surface area (Å²) in [6, 6.07) is 14.7. The van der Waals surface area contributed by atoms with E-state index in [4.69, 9.17) is 0 Å². The number of carbonyl (C=O) groups excluding carboxylic acids is 3. The molecule has 146 valence electrons. The van der Waals surface area contributed by atoms with Crippen LogP contribution in [0.5, 0.6) is 0 Å². The number of para-hydroxylation sites is 1. The molecular formula is C22H25N3O3. The Morgan fingerprint density at radius 1 is 1.11 bits per heavy atom. The van der Waals surface area contributed by atoms with Gasteiger partial charge in [-0.15, -0.1) is 0 Å². The van der Waals surface area contributed by atoms with Gasteiger partial charge in [0.1, 0.15) is 0 Å². The summed E-state index contributed by atoms with van der Waals surface area (Å²) >= 11 is 0. The van der Waals surface area contributed by atoms with E-state index in [1.165, 1.54) is 0 Å². The van der Waals surface area contributed by atoms with Crippen LogP contribution < -0.4 is 15.5 Å². The molecule has 2 aromatic rings. The number of anilines is 2. The molecule has 1 saturated heterocycles. The van der Waals surface area contributed by atoms with Crippen molar-refractivity contribution in [3.05, 3.63) is 59.7 Å². The number of carbonyl (C=O) groups is 3. The van der Waals surface area contributed by atoms with Crippen LogP contribution >= 0.6 is 0 Å². The van der Waals surface area contributed by atoms with Crippen molar-refractivity contribution in [2.24, 2.45) is 5.92 Å². The van der Waals surface area contributed by atoms with E-state index in [0.29, 0.717) is 23.7 Å². The molecule has 0 aliphatic carbocycles. The summed E-state index contributed by atoms with van der Waals surface area (Å²) < 4.78 is 0. The molecule has 0 spiro atoms. The molecular weight excluding hydrogens is 354 g/mol. The van der Waals surface area contributed by atoms with Gasteiger partial charge in [-0.1, -0.05) is 38.1 Å². The zero-order valence-corrected chi connectivity index (χ0v) is 16.4. The van der Waals surface area contributed by atoms with Crippen molar-refractivity contribution in [2.45, 2.75) is 26.2 Å². The number of hydrogen-bond donors (Lipinski definition) is 2. The van der Waals surface area contributed by atoms with E-state index in [-0.39, 0.29) is 24.1 Å². The van der Waals surface area contributed by atoms with Gasteiger partial charge in [0.05, 0.1) is 17.2 Å². The third kappa shape index (κ3) is 4.06. The minimum atomic E-state index is -0.465. The Kier molecular flexibility index (Phi) is 5.78. The summed E-state index contributed by atoms with van der Waals surface area (Å²) in [5.74, 6) is -0.704. The van der Waals surface area contributed by atoms with Crippen LogP contribution in [-0.2, 0) is 9.59 Å². The first-order valence-corrected chi connectivity index (χ1v) is 9.43. The Morgan fingerprint density at radius 2 is 1.86 bits per heavy atom. The second kappa shape index (κ2) is 8.25. The lowest BCUT2D eigenvalue weighted by molar-refractivity contribution is -0.122. The Bertz CT molecular complexity index is 907. The molecule has 1 atom stereocenters. The van der Waals surface area contributed by atoms with E-state index in [9.17, 15) is 14.4 Å². The van der Waals surface area contributed by atoms with E-state index in [1.807, 2.05) is 24.3 Å². The van der Waals surface area contributed by atoms with Gasteiger partial charge in [-0.3, -0.25) is 14.4 Å². The molecule has 2 aromatic carbocycles. The Labute approximate surface area is 164 Å². The van der Waals surface area contributed by atoms with E-state index in [0.717, 1.165) is 11.3 Å². The van der Waals surface area contributed by atoms with Crippen LogP contribution in [0.1, 0.15) is 42.1 Å². The van der Waals surface area contributed by atoms with Crippen molar-refractivity contribution in [3.63, 3.8) is 0 Å². The smallest absolute Gasteiger partial charge is 0.253 e. The van der Waals surface area contributed by atoms with Gasteiger partial charge < -0.3 is 15.5 Å². The van der Waals surface area contributed by atoms with Gasteiger partial charge in [-0.2, -0.15) is 0 Å². The molecule has 6 nitrogen and oxygen atoms in total. The molecule has 0 bridgehead atoms. The molecule has 1 unspecified atom stereocenters. The second-order valence-electron chi connectivity index (χ2n) is 7.27. The summed E-state index contributed by atoms with van der Waals surface area (Å²) in [7, 11) is 1.54. The average molecular weight is 379 g/mol. The number of benzene rings is 2. The highest BCUT2D eigenvalue weighted by Crippen LogP contribution is 2.28. The zero-order chi connectivity index (χ0) is 20.3. The van der Waals surface area contributed by atoms with Crippen LogP contribution in [0, 0.1) is 5.92 Å². The highest BCUT2D eigenvalue weighted by molar-refractivity contribution is 6.07. The third-order valence-corrected chi connectivity index (χ3v) is 5.00. The van der Waals surface area contributed by atoms with Crippen molar-refractivity contribution >= 4 is 29.1 Å². The zero-order valence-electron chi connectivity index (χ0n) is 16.4. The van der Waals surface area contributed by atoms with Gasteiger partial charge in [0.25, 0.3) is 5.91 Å². The predicted octanol–water partition coefficient (Wildman–Crippen LogP) is 3.16. The van der Waals surface area contributed by atoms with Gasteiger partial charge in [-0.25, -0.2) is 0 Å². The summed E-state index contributed by atoms with van der Waals surface area (Å²) in [5.41, 5.74) is 2.80. The molecule has 0 saturated carbocycles. The average Bonchev–Trinajstić information content (AvgIpc) is 3.09. The van der Waals surface area contributed by atoms with Crippen molar-refractivity contribution < 1.29 is 14.4 Å². The first-order valence-electron chi connectivity index (χ1n) is 9.43. The lowest BCUT2D eigenvalue weighted by atomic mass is 10.0. The molecule has 3 amide bonds. The van der Waals surface area contributed by atoms with Crippen LogP contribution in [0.3, 0.4) is 0 Å². The summed E-state index contributed by atoms with van der Waals surface area (Å²) in [5, 5.41) is 5.37. The van der Waals surface area contributed by atoms with E-state index in [2.05, 4.69) is 24.5 Å². The molecule has 0 radical (unpaired) electrons. The maximum absolute atomic E-state index is 12.8. The topological polar surface area (TPSA) is 78.5 Å². The monoisotopic (exact) mass is 379 g/mol. The number of rotatable bonds is 5. The molecule has 3 rings (SSSR count). The summed E-state index contributed by atoms with van der Waals surface area (Å²) in [4.78, 5) is 38.9. The van der Waals surface area contributed by atoms with Crippen LogP contribution in [-0.4, -0.2) is 31.3 Å². The fraction of sp³-hybridized carbons (Fsp3) is 0.318. The number of nitrogens with one attached hydrogen (secondary N) is 2. The molecule has 1 heterocycles. The summed E-state index contributed by atoms with van der Waals surface area (Å²) in [6.07, 6.45) is 0.153. The van der Waals surface area contributed by atoms with E-state index < -0.39 is 5.92 Å². The quantitative estimate of drug-likeness (QED) is 0.838. The SMILES string of the molecule is CNC(=O)c1ccccc1NC(=O)C1CC(=O)N(c2cccc(C(C)C)c2)C1. The summed E-state index contributed by atoms with van der Waals surface area (Å²) in [6.45, 7) is 4.53. The predicted molar refractivity (Wildman–Crippen MR) is 109 cm³/mol. The first-order chi connectivity index (χ1) is 13.4. The molecule has 28 heavy (non-hydrogen) atoms. The lowest BCUT2D eigenvalue weighted by Crippen LogP contribution is -2.29.